The molecule has 7 N–H and O–H groups in total. The molecule has 0 aliphatic carbocycles. The molecule has 1 heterocycles. The van der Waals surface area contributed by atoms with E-state index in [2.05, 4.69) is 21.3 Å². The molecule has 1 aliphatic heterocycles. The number of rotatable bonds is 23. The Bertz CT molecular complexity index is 2560. The van der Waals surface area contributed by atoms with Gasteiger partial charge in [0, 0.05) is 69.0 Å². The maximum absolute atomic E-state index is 15.3. The molecular formula is C69H125N11O15. The number of aliphatic hydroxyl groups excluding tert-OH is 2. The van der Waals surface area contributed by atoms with Gasteiger partial charge in [-0.25, -0.2) is 0 Å². The third-order valence-corrected chi connectivity index (χ3v) is 17.9. The lowest BCUT2D eigenvalue weighted by molar-refractivity contribution is -0.157. The molecule has 0 unspecified atom stereocenters. The minimum atomic E-state index is -1.69. The number of likely N-dealkylation sites (N-methyl/N-ethyl adjacent to an activating group) is 7. The number of unbranched alkanes of at least 4 members (excludes halogenated alkanes) is 2. The van der Waals surface area contributed by atoms with Crippen LogP contribution in [0.1, 0.15) is 182 Å². The van der Waals surface area contributed by atoms with Crippen molar-refractivity contribution in [2.75, 3.05) is 69.2 Å². The molecule has 1 fully saturated rings. The third kappa shape index (κ3) is 25.9. The molecule has 0 aromatic rings. The van der Waals surface area contributed by atoms with Gasteiger partial charge < -0.3 is 75.6 Å². The van der Waals surface area contributed by atoms with E-state index in [9.17, 15) is 39.3 Å². The van der Waals surface area contributed by atoms with Crippen molar-refractivity contribution < 1.29 is 72.8 Å². The molecular weight excluding hydrogens is 1220 g/mol. The van der Waals surface area contributed by atoms with Gasteiger partial charge in [0.25, 0.3) is 0 Å². The van der Waals surface area contributed by atoms with Crippen LogP contribution in [-0.4, -0.2) is 262 Å². The highest BCUT2D eigenvalue weighted by Gasteiger charge is 2.47. The number of aliphatic hydroxyl groups is 3. The van der Waals surface area contributed by atoms with Gasteiger partial charge in [-0.1, -0.05) is 95.2 Å². The normalized spacial score (nSPS) is 26.3. The molecule has 11 amide bonds. The summed E-state index contributed by atoms with van der Waals surface area (Å²) >= 11 is 0. The van der Waals surface area contributed by atoms with E-state index in [0.29, 0.717) is 25.7 Å². The third-order valence-electron chi connectivity index (χ3n) is 17.9. The average molecular weight is 1350 g/mol. The summed E-state index contributed by atoms with van der Waals surface area (Å²) in [4.78, 5) is 172. The largest absolute Gasteiger partial charge is 0.396 e. The molecule has 1 rings (SSSR count). The van der Waals surface area contributed by atoms with Crippen LogP contribution in [0.15, 0.2) is 12.2 Å². The van der Waals surface area contributed by atoms with Gasteiger partial charge in [-0.05, 0) is 128 Å². The number of nitrogens with one attached hydrogen (secondary N) is 4. The zero-order chi connectivity index (χ0) is 73.4. The van der Waals surface area contributed by atoms with E-state index in [1.807, 2.05) is 41.5 Å². The fourth-order valence-electron chi connectivity index (χ4n) is 11.8. The molecule has 0 aromatic carbocycles. The summed E-state index contributed by atoms with van der Waals surface area (Å²) in [6, 6.07) is -14.8. The van der Waals surface area contributed by atoms with Crippen LogP contribution in [0.2, 0.25) is 0 Å². The van der Waals surface area contributed by atoms with Gasteiger partial charge in [-0.3, -0.25) is 52.7 Å². The maximum Gasteiger partial charge on any atom is 0.248 e. The summed E-state index contributed by atoms with van der Waals surface area (Å²) in [5.74, 6) is -10.5. The Hall–Kier alpha value is -6.25. The van der Waals surface area contributed by atoms with E-state index in [4.69, 9.17) is 4.74 Å². The first-order chi connectivity index (χ1) is 44.0. The summed E-state index contributed by atoms with van der Waals surface area (Å²) in [5, 5.41) is 44.1. The number of allylic oxidation sites excluding steroid dienone is 2. The van der Waals surface area contributed by atoms with Gasteiger partial charge in [-0.2, -0.15) is 0 Å². The van der Waals surface area contributed by atoms with Crippen molar-refractivity contribution in [1.82, 2.24) is 55.6 Å². The van der Waals surface area contributed by atoms with Crippen molar-refractivity contribution in [2.24, 2.45) is 35.5 Å². The summed E-state index contributed by atoms with van der Waals surface area (Å²) in [5.41, 5.74) is -1.62. The molecule has 26 heteroatoms. The molecule has 1 saturated heterocycles. The summed E-state index contributed by atoms with van der Waals surface area (Å²) in [6.07, 6.45) is 4.15. The van der Waals surface area contributed by atoms with Gasteiger partial charge in [0.05, 0.1) is 18.3 Å². The highest BCUT2D eigenvalue weighted by Crippen LogP contribution is 2.26. The zero-order valence-electron chi connectivity index (χ0n) is 62.1. The van der Waals surface area contributed by atoms with Crippen LogP contribution < -0.4 is 21.3 Å². The molecule has 0 aromatic heterocycles. The van der Waals surface area contributed by atoms with E-state index >= 15 is 28.8 Å². The van der Waals surface area contributed by atoms with E-state index in [1.54, 1.807) is 60.6 Å². The van der Waals surface area contributed by atoms with Gasteiger partial charge in [0.15, 0.2) is 0 Å². The predicted octanol–water partition coefficient (Wildman–Crippen LogP) is 3.32. The van der Waals surface area contributed by atoms with Crippen LogP contribution in [0.25, 0.3) is 0 Å². The fourth-order valence-corrected chi connectivity index (χ4v) is 11.8. The van der Waals surface area contributed by atoms with E-state index in [0.717, 1.165) is 14.7 Å². The molecule has 95 heavy (non-hydrogen) atoms. The van der Waals surface area contributed by atoms with Crippen LogP contribution in [0.5, 0.6) is 0 Å². The molecule has 0 bridgehead atoms. The van der Waals surface area contributed by atoms with E-state index in [1.165, 1.54) is 96.6 Å². The molecule has 1 aliphatic rings. The second kappa shape index (κ2) is 40.5. The van der Waals surface area contributed by atoms with E-state index < -0.39 is 168 Å². The fraction of sp³-hybridized carbons (Fsp3) is 0.812. The molecule has 546 valence electrons. The summed E-state index contributed by atoms with van der Waals surface area (Å²) in [7, 11) is 9.67. The SMILES string of the molecule is C/C=C/C[C@@H](C)[C@@H](O)[C@H]1C(=O)N[C@@H](CC)C(=O)N(C)[C@H](COCCCCCO)C(=O)N(C)[C@@H](CC(C)(C)O)C(=O)N[C@H](C(C)C)C(=O)N(C)[C@H](CCC(C)C)C(=O)N[C@H](C)C(=O)N[C@@H](C)C(=O)N(C)[C@@H](CC(C)C)C(=O)N(C)[C@@H](CC(C)C)C(=O)N(C)[C@@H](C(C)C)C(=O)N1C. The number of hydrogen-bond donors (Lipinski definition) is 7. The number of carbonyl (C=O) groups is 11. The average Bonchev–Trinajstić information content (AvgIpc) is 0.815. The number of carbonyl (C=O) groups excluding carboxylic acids is 11. The zero-order valence-corrected chi connectivity index (χ0v) is 62.1. The predicted molar refractivity (Wildman–Crippen MR) is 365 cm³/mol. The molecule has 0 saturated carbocycles. The van der Waals surface area contributed by atoms with Crippen molar-refractivity contribution in [3.8, 4) is 0 Å². The summed E-state index contributed by atoms with van der Waals surface area (Å²) in [6.45, 7) is 28.5. The Morgan fingerprint density at radius 3 is 1.47 bits per heavy atom. The number of hydrogen-bond acceptors (Lipinski definition) is 15. The minimum absolute atomic E-state index is 0.0546. The Morgan fingerprint density at radius 1 is 0.516 bits per heavy atom. The number of amides is 11. The molecule has 0 spiro atoms. The van der Waals surface area contributed by atoms with Crippen LogP contribution >= 0.6 is 0 Å². The van der Waals surface area contributed by atoms with Crippen molar-refractivity contribution in [1.29, 1.82) is 0 Å². The highest BCUT2D eigenvalue weighted by molar-refractivity contribution is 6.00. The second-order valence-corrected chi connectivity index (χ2v) is 28.9. The first-order valence-electron chi connectivity index (χ1n) is 34.3. The van der Waals surface area contributed by atoms with Gasteiger partial charge in [-0.15, -0.1) is 0 Å². The monoisotopic (exact) mass is 1350 g/mol. The molecule has 0 radical (unpaired) electrons. The lowest BCUT2D eigenvalue weighted by Gasteiger charge is -2.41. The second-order valence-electron chi connectivity index (χ2n) is 28.9. The van der Waals surface area contributed by atoms with E-state index in [-0.39, 0.29) is 69.5 Å². The first kappa shape index (κ1) is 86.8. The van der Waals surface area contributed by atoms with Crippen molar-refractivity contribution in [3.63, 3.8) is 0 Å². The Kier molecular flexibility index (Phi) is 37.0. The van der Waals surface area contributed by atoms with Crippen molar-refractivity contribution >= 4 is 65.0 Å². The van der Waals surface area contributed by atoms with Gasteiger partial charge in [0.1, 0.15) is 66.5 Å². The highest BCUT2D eigenvalue weighted by atomic mass is 16.5. The lowest BCUT2D eigenvalue weighted by Crippen LogP contribution is -2.64. The lowest BCUT2D eigenvalue weighted by atomic mass is 9.91. The van der Waals surface area contributed by atoms with Crippen LogP contribution in [0.4, 0.5) is 0 Å². The topological polar surface area (TPSA) is 328 Å². The Balaban J connectivity index is 4.58. The maximum atomic E-state index is 15.3. The van der Waals surface area contributed by atoms with Crippen molar-refractivity contribution in [3.05, 3.63) is 12.2 Å². The van der Waals surface area contributed by atoms with Crippen LogP contribution in [0, 0.1) is 35.5 Å². The van der Waals surface area contributed by atoms with Crippen LogP contribution in [-0.2, 0) is 57.5 Å². The smallest absolute Gasteiger partial charge is 0.248 e. The Morgan fingerprint density at radius 2 is 0.989 bits per heavy atom. The van der Waals surface area contributed by atoms with Gasteiger partial charge in [0.2, 0.25) is 65.0 Å². The number of nitrogens with zero attached hydrogens (tertiary/aromatic N) is 7. The van der Waals surface area contributed by atoms with Crippen molar-refractivity contribution in [2.45, 2.75) is 260 Å². The number of ether oxygens (including phenoxy) is 1. The van der Waals surface area contributed by atoms with Gasteiger partial charge >= 0.3 is 0 Å². The quantitative estimate of drug-likeness (QED) is 0.0570. The Labute approximate surface area is 568 Å². The summed E-state index contributed by atoms with van der Waals surface area (Å²) < 4.78 is 6.05. The molecule has 13 atom stereocenters. The standard InChI is InChI=1S/C69H125N11O15/c1-25-27-31-45(13)57(82)56-61(86)72-48(26-2)63(88)78(22)53(39-95-35-30-28-29-34-81)66(91)77(21)52(38-69(16,17)94)60(85)73-54(43(9)10)67(92)74(18)49(33-32-40(3)4)59(84)70-46(14)58(83)71-47(15)62(87)75(19)50(36-41(5)6)64(89)76(20)51(37-42(7)8)65(90)79(23)55(44(11)12)68(93)80(56)24/h25,27,40-57,81-82,94H,26,28-39H2,1-24H3,(H,70,84)(H,71,83)(H,72,86)(H,73,85)/b27-25+/t45-,46-,47+,48+,49-,50+,51+,52+,53-,54-,55+,56+,57-/m1/s1. The first-order valence-corrected chi connectivity index (χ1v) is 34.3. The minimum Gasteiger partial charge on any atom is -0.396 e. The molecule has 26 nitrogen and oxygen atoms in total. The van der Waals surface area contributed by atoms with Crippen LogP contribution in [0.3, 0.4) is 0 Å².